The van der Waals surface area contributed by atoms with Gasteiger partial charge in [-0.05, 0) is 47.1 Å². The Bertz CT molecular complexity index is 690. The first-order valence-corrected chi connectivity index (χ1v) is 8.59. The minimum absolute atomic E-state index is 0.383. The third kappa shape index (κ3) is 6.23. The van der Waals surface area contributed by atoms with Gasteiger partial charge < -0.3 is 14.8 Å². The molecular weight excluding hydrogens is 352 g/mol. The fourth-order valence-electron chi connectivity index (χ4n) is 2.30. The van der Waals surface area contributed by atoms with Crippen LogP contribution in [0.15, 0.2) is 30.3 Å². The zero-order chi connectivity index (χ0) is 21.0. The van der Waals surface area contributed by atoms with Crippen molar-refractivity contribution in [3.05, 3.63) is 46.0 Å². The summed E-state index contributed by atoms with van der Waals surface area (Å²) in [4.78, 5) is 36.3. The van der Waals surface area contributed by atoms with Crippen molar-refractivity contribution < 1.29 is 24.0 Å². The Morgan fingerprint density at radius 2 is 1.44 bits per heavy atom. The lowest BCUT2D eigenvalue weighted by Gasteiger charge is -2.32. The van der Waals surface area contributed by atoms with Crippen LogP contribution in [-0.4, -0.2) is 33.7 Å². The fourth-order valence-corrected chi connectivity index (χ4v) is 2.30. The number of alkyl carbamates (subject to hydrolysis) is 1. The summed E-state index contributed by atoms with van der Waals surface area (Å²) in [5.74, 6) is -1.05. The lowest BCUT2D eigenvalue weighted by Crippen LogP contribution is -2.57. The van der Waals surface area contributed by atoms with Crippen molar-refractivity contribution in [2.45, 2.75) is 71.2 Å². The van der Waals surface area contributed by atoms with Crippen LogP contribution in [0.3, 0.4) is 0 Å². The molecule has 0 bridgehead atoms. The Morgan fingerprint density at radius 1 is 0.963 bits per heavy atom. The third-order valence-corrected chi connectivity index (χ3v) is 3.55. The smallest absolute Gasteiger partial charge is 0.408 e. The molecule has 2 atom stereocenters. The largest absolute Gasteiger partial charge is 0.455 e. The second-order valence-corrected chi connectivity index (χ2v) is 8.40. The summed E-state index contributed by atoms with van der Waals surface area (Å²) in [6, 6.07) is 6.94. The maximum Gasteiger partial charge on any atom is 0.408 e. The lowest BCUT2D eigenvalue weighted by atomic mass is 9.87. The van der Waals surface area contributed by atoms with Crippen molar-refractivity contribution in [1.29, 1.82) is 0 Å². The molecule has 150 valence electrons. The quantitative estimate of drug-likeness (QED) is 0.475. The standard InChI is InChI=1S/C19H28N2O6/c1-17(2,3)26-15(22)19(7,21(24)25)14(13-11-9-8-10-12-13)20-16(23)27-18(4,5)6/h8-12,14H,1-7H3,(H,20,23)/t14-,19-/m1/s1. The van der Waals surface area contributed by atoms with Crippen molar-refractivity contribution in [3.63, 3.8) is 0 Å². The van der Waals surface area contributed by atoms with Gasteiger partial charge in [0.25, 0.3) is 0 Å². The zero-order valence-electron chi connectivity index (χ0n) is 16.9. The van der Waals surface area contributed by atoms with E-state index in [4.69, 9.17) is 9.47 Å². The first-order valence-electron chi connectivity index (χ1n) is 8.59. The molecule has 0 saturated heterocycles. The van der Waals surface area contributed by atoms with E-state index in [1.807, 2.05) is 0 Å². The van der Waals surface area contributed by atoms with Gasteiger partial charge in [-0.3, -0.25) is 10.1 Å². The average Bonchev–Trinajstić information content (AvgIpc) is 2.49. The highest BCUT2D eigenvalue weighted by molar-refractivity contribution is 5.82. The molecule has 0 aromatic heterocycles. The number of nitrogens with one attached hydrogen (secondary N) is 1. The van der Waals surface area contributed by atoms with Gasteiger partial charge in [0.15, 0.2) is 0 Å². The number of nitro groups is 1. The number of hydrogen-bond acceptors (Lipinski definition) is 6. The molecule has 0 unspecified atom stereocenters. The van der Waals surface area contributed by atoms with Gasteiger partial charge in [0.05, 0.1) is 0 Å². The lowest BCUT2D eigenvalue weighted by molar-refractivity contribution is -0.557. The third-order valence-electron chi connectivity index (χ3n) is 3.55. The Kier molecular flexibility index (Phi) is 6.59. The van der Waals surface area contributed by atoms with Gasteiger partial charge in [-0.2, -0.15) is 0 Å². The number of rotatable bonds is 5. The van der Waals surface area contributed by atoms with Gasteiger partial charge in [0.1, 0.15) is 17.2 Å². The van der Waals surface area contributed by atoms with Crippen LogP contribution in [0.4, 0.5) is 4.79 Å². The van der Waals surface area contributed by atoms with Gasteiger partial charge in [-0.25, -0.2) is 9.59 Å². The molecule has 0 spiro atoms. The van der Waals surface area contributed by atoms with E-state index in [2.05, 4.69) is 5.32 Å². The van der Waals surface area contributed by atoms with E-state index >= 15 is 0 Å². The molecule has 0 aliphatic heterocycles. The number of carbonyl (C=O) groups is 2. The molecule has 1 aromatic carbocycles. The van der Waals surface area contributed by atoms with Gasteiger partial charge in [-0.1, -0.05) is 30.3 Å². The van der Waals surface area contributed by atoms with E-state index in [9.17, 15) is 19.7 Å². The minimum atomic E-state index is -2.26. The summed E-state index contributed by atoms with van der Waals surface area (Å²) in [5.41, 5.74) is -3.61. The molecular formula is C19H28N2O6. The van der Waals surface area contributed by atoms with E-state index in [-0.39, 0.29) is 0 Å². The predicted octanol–water partition coefficient (Wildman–Crippen LogP) is 3.63. The Morgan fingerprint density at radius 3 is 1.85 bits per heavy atom. The molecule has 1 amide bonds. The number of carbonyl (C=O) groups excluding carboxylic acids is 2. The molecule has 0 saturated carbocycles. The Hall–Kier alpha value is -2.64. The maximum absolute atomic E-state index is 12.7. The predicted molar refractivity (Wildman–Crippen MR) is 99.8 cm³/mol. The van der Waals surface area contributed by atoms with Gasteiger partial charge in [-0.15, -0.1) is 0 Å². The highest BCUT2D eigenvalue weighted by atomic mass is 16.6. The summed E-state index contributed by atoms with van der Waals surface area (Å²) in [5, 5.41) is 14.4. The summed E-state index contributed by atoms with van der Waals surface area (Å²) < 4.78 is 10.5. The first kappa shape index (κ1) is 22.4. The van der Waals surface area contributed by atoms with E-state index in [1.165, 1.54) is 0 Å². The SMILES string of the molecule is CC(C)(C)OC(=O)N[C@H](c1ccccc1)[C@](C)(C(=O)OC(C)(C)C)[N+](=O)[O-]. The van der Waals surface area contributed by atoms with Crippen molar-refractivity contribution in [2.24, 2.45) is 0 Å². The topological polar surface area (TPSA) is 108 Å². The van der Waals surface area contributed by atoms with Crippen LogP contribution in [0.25, 0.3) is 0 Å². The molecule has 1 rings (SSSR count). The first-order chi connectivity index (χ1) is 12.2. The van der Waals surface area contributed by atoms with Crippen LogP contribution in [0.1, 0.15) is 60.1 Å². The molecule has 0 fully saturated rings. The van der Waals surface area contributed by atoms with E-state index in [1.54, 1.807) is 71.9 Å². The number of benzene rings is 1. The Balaban J connectivity index is 3.38. The maximum atomic E-state index is 12.7. The summed E-state index contributed by atoms with van der Waals surface area (Å²) in [7, 11) is 0. The van der Waals surface area contributed by atoms with E-state index in [0.29, 0.717) is 5.56 Å². The van der Waals surface area contributed by atoms with E-state index in [0.717, 1.165) is 6.92 Å². The highest BCUT2D eigenvalue weighted by Gasteiger charge is 2.57. The van der Waals surface area contributed by atoms with Crippen LogP contribution in [-0.2, 0) is 14.3 Å². The summed E-state index contributed by atoms with van der Waals surface area (Å²) in [6.45, 7) is 11.0. The molecule has 0 aliphatic rings. The number of esters is 1. The van der Waals surface area contributed by atoms with Gasteiger partial charge in [0, 0.05) is 11.8 Å². The van der Waals surface area contributed by atoms with Crippen molar-refractivity contribution in [2.75, 3.05) is 0 Å². The van der Waals surface area contributed by atoms with Crippen LogP contribution >= 0.6 is 0 Å². The van der Waals surface area contributed by atoms with Crippen molar-refractivity contribution >= 4 is 12.1 Å². The summed E-state index contributed by atoms with van der Waals surface area (Å²) >= 11 is 0. The molecule has 0 radical (unpaired) electrons. The monoisotopic (exact) mass is 380 g/mol. The highest BCUT2D eigenvalue weighted by Crippen LogP contribution is 2.32. The second-order valence-electron chi connectivity index (χ2n) is 8.40. The normalized spacial score (nSPS) is 15.2. The number of ether oxygens (including phenoxy) is 2. The second kappa shape index (κ2) is 7.94. The van der Waals surface area contributed by atoms with Crippen LogP contribution in [0.5, 0.6) is 0 Å². The van der Waals surface area contributed by atoms with Gasteiger partial charge in [0.2, 0.25) is 0 Å². The number of nitrogens with zero attached hydrogens (tertiary/aromatic N) is 1. The van der Waals surface area contributed by atoms with Crippen LogP contribution in [0.2, 0.25) is 0 Å². The minimum Gasteiger partial charge on any atom is -0.455 e. The molecule has 0 heterocycles. The van der Waals surface area contributed by atoms with Crippen LogP contribution < -0.4 is 5.32 Å². The molecule has 8 nitrogen and oxygen atoms in total. The molecule has 0 aliphatic carbocycles. The van der Waals surface area contributed by atoms with Gasteiger partial charge >= 0.3 is 17.6 Å². The summed E-state index contributed by atoms with van der Waals surface area (Å²) in [6.07, 6.45) is -0.868. The average molecular weight is 380 g/mol. The Labute approximate surface area is 159 Å². The molecule has 1 aromatic rings. The molecule has 27 heavy (non-hydrogen) atoms. The number of amides is 1. The van der Waals surface area contributed by atoms with Crippen molar-refractivity contribution in [1.82, 2.24) is 5.32 Å². The molecule has 1 N–H and O–H groups in total. The molecule has 8 heteroatoms. The van der Waals surface area contributed by atoms with Crippen molar-refractivity contribution in [3.8, 4) is 0 Å². The zero-order valence-corrected chi connectivity index (χ0v) is 16.9. The number of hydrogen-bond donors (Lipinski definition) is 1. The fraction of sp³-hybridized carbons (Fsp3) is 0.579. The van der Waals surface area contributed by atoms with E-state index < -0.39 is 39.8 Å². The van der Waals surface area contributed by atoms with Crippen LogP contribution in [0, 0.1) is 10.1 Å².